The number of benzene rings is 1. The first-order valence-corrected chi connectivity index (χ1v) is 10.8. The first-order valence-electron chi connectivity index (χ1n) is 9.99. The first kappa shape index (κ1) is 19.0. The molecule has 1 N–H and O–H groups in total. The predicted molar refractivity (Wildman–Crippen MR) is 107 cm³/mol. The maximum absolute atomic E-state index is 13.0. The van der Waals surface area contributed by atoms with E-state index in [1.54, 1.807) is 0 Å². The van der Waals surface area contributed by atoms with Crippen molar-refractivity contribution in [3.05, 3.63) is 35.9 Å². The Hall–Kier alpha value is -1.36. The number of methoxy groups -OCH3 is 1. The normalized spacial score (nSPS) is 34.9. The second-order valence-corrected chi connectivity index (χ2v) is 10.8. The van der Waals surface area contributed by atoms with Crippen LogP contribution >= 0.6 is 15.9 Å². The fraction of sp³-hybridized carbons (Fsp3) is 0.636. The van der Waals surface area contributed by atoms with Crippen molar-refractivity contribution in [2.24, 2.45) is 17.3 Å². The average Bonchev–Trinajstić information content (AvgIpc) is 2.59. The van der Waals surface area contributed by atoms with Gasteiger partial charge in [0.25, 0.3) is 0 Å². The first-order chi connectivity index (χ1) is 12.9. The molecule has 1 aromatic rings. The van der Waals surface area contributed by atoms with Gasteiger partial charge in [-0.15, -0.1) is 0 Å². The van der Waals surface area contributed by atoms with Gasteiger partial charge in [0.15, 0.2) is 0 Å². The number of rotatable bonds is 6. The summed E-state index contributed by atoms with van der Waals surface area (Å²) in [5.41, 5.74) is 1.07. The van der Waals surface area contributed by atoms with Crippen molar-refractivity contribution in [3.63, 3.8) is 0 Å². The van der Waals surface area contributed by atoms with Crippen LogP contribution in [0.4, 0.5) is 0 Å². The van der Waals surface area contributed by atoms with Gasteiger partial charge in [0.05, 0.1) is 19.6 Å². The zero-order valence-corrected chi connectivity index (χ0v) is 17.5. The van der Waals surface area contributed by atoms with E-state index in [0.29, 0.717) is 6.42 Å². The minimum atomic E-state index is -0.335. The summed E-state index contributed by atoms with van der Waals surface area (Å²) in [5, 5.41) is 3.13. The molecule has 4 nitrogen and oxygen atoms in total. The van der Waals surface area contributed by atoms with E-state index in [4.69, 9.17) is 4.74 Å². The van der Waals surface area contributed by atoms with Crippen molar-refractivity contribution in [1.82, 2.24) is 5.32 Å². The van der Waals surface area contributed by atoms with Crippen LogP contribution in [0.15, 0.2) is 30.3 Å². The third-order valence-corrected chi connectivity index (χ3v) is 7.71. The van der Waals surface area contributed by atoms with Gasteiger partial charge in [-0.3, -0.25) is 9.59 Å². The highest BCUT2D eigenvalue weighted by Crippen LogP contribution is 2.65. The summed E-state index contributed by atoms with van der Waals surface area (Å²) in [5.74, 6) is 1.28. The Labute approximate surface area is 169 Å². The van der Waals surface area contributed by atoms with Crippen molar-refractivity contribution in [3.8, 4) is 0 Å². The number of amides is 1. The molecule has 4 fully saturated rings. The van der Waals surface area contributed by atoms with E-state index < -0.39 is 0 Å². The predicted octanol–water partition coefficient (Wildman–Crippen LogP) is 4.53. The molecule has 1 amide bonds. The monoisotopic (exact) mass is 433 g/mol. The molecule has 0 aromatic heterocycles. The maximum atomic E-state index is 13.0. The lowest BCUT2D eigenvalue weighted by Crippen LogP contribution is -2.54. The molecule has 4 aliphatic carbocycles. The lowest BCUT2D eigenvalue weighted by atomic mass is 9.48. The van der Waals surface area contributed by atoms with Gasteiger partial charge < -0.3 is 10.1 Å². The highest BCUT2D eigenvalue weighted by Gasteiger charge is 2.57. The average molecular weight is 434 g/mol. The van der Waals surface area contributed by atoms with E-state index in [-0.39, 0.29) is 34.1 Å². The Balaban J connectivity index is 1.46. The van der Waals surface area contributed by atoms with E-state index in [0.717, 1.165) is 23.8 Å². The van der Waals surface area contributed by atoms with E-state index in [1.165, 1.54) is 39.2 Å². The number of alkyl halides is 1. The van der Waals surface area contributed by atoms with Crippen molar-refractivity contribution < 1.29 is 14.3 Å². The van der Waals surface area contributed by atoms with Crippen molar-refractivity contribution in [2.45, 2.75) is 61.7 Å². The van der Waals surface area contributed by atoms with E-state index in [1.807, 2.05) is 30.3 Å². The molecule has 0 saturated heterocycles. The number of hydrogen-bond acceptors (Lipinski definition) is 3. The summed E-state index contributed by atoms with van der Waals surface area (Å²) in [4.78, 5) is 24.9. The lowest BCUT2D eigenvalue weighted by molar-refractivity contribution is -0.141. The molecular formula is C22H28BrNO3. The third kappa shape index (κ3) is 4.08. The molecule has 3 unspecified atom stereocenters. The van der Waals surface area contributed by atoms with Crippen LogP contribution in [0, 0.1) is 17.3 Å². The number of halogens is 1. The van der Waals surface area contributed by atoms with Crippen LogP contribution < -0.4 is 5.32 Å². The van der Waals surface area contributed by atoms with Crippen LogP contribution in [-0.2, 0) is 14.3 Å². The lowest BCUT2D eigenvalue weighted by Gasteiger charge is -2.60. The Morgan fingerprint density at radius 3 is 2.44 bits per heavy atom. The third-order valence-electron chi connectivity index (χ3n) is 6.78. The maximum Gasteiger partial charge on any atom is 0.307 e. The van der Waals surface area contributed by atoms with Crippen molar-refractivity contribution >= 4 is 27.8 Å². The molecule has 0 spiro atoms. The number of carbonyl (C=O) groups excluding carboxylic acids is 2. The minimum Gasteiger partial charge on any atom is -0.469 e. The van der Waals surface area contributed by atoms with Crippen LogP contribution in [0.2, 0.25) is 0 Å². The van der Waals surface area contributed by atoms with Crippen LogP contribution in [-0.4, -0.2) is 23.3 Å². The molecule has 1 aromatic carbocycles. The van der Waals surface area contributed by atoms with Crippen molar-refractivity contribution in [1.29, 1.82) is 0 Å². The van der Waals surface area contributed by atoms with E-state index in [9.17, 15) is 9.59 Å². The van der Waals surface area contributed by atoms with E-state index >= 15 is 0 Å². The smallest absolute Gasteiger partial charge is 0.307 e. The van der Waals surface area contributed by atoms with E-state index in [2.05, 4.69) is 21.2 Å². The highest BCUT2D eigenvalue weighted by molar-refractivity contribution is 9.10. The molecule has 5 heteroatoms. The summed E-state index contributed by atoms with van der Waals surface area (Å²) >= 11 is 4.02. The van der Waals surface area contributed by atoms with Gasteiger partial charge in [-0.25, -0.2) is 0 Å². The van der Waals surface area contributed by atoms with Crippen LogP contribution in [0.5, 0.6) is 0 Å². The molecule has 5 rings (SSSR count). The zero-order valence-electron chi connectivity index (χ0n) is 15.9. The van der Waals surface area contributed by atoms with Crippen molar-refractivity contribution in [2.75, 3.05) is 7.11 Å². The van der Waals surface area contributed by atoms with Gasteiger partial charge in [-0.1, -0.05) is 46.3 Å². The summed E-state index contributed by atoms with van der Waals surface area (Å²) in [6.45, 7) is 0. The zero-order chi connectivity index (χ0) is 19.1. The topological polar surface area (TPSA) is 55.4 Å². The van der Waals surface area contributed by atoms with Crippen LogP contribution in [0.1, 0.15) is 63.0 Å². The Kier molecular flexibility index (Phi) is 5.08. The number of esters is 1. The Morgan fingerprint density at radius 2 is 1.85 bits per heavy atom. The molecule has 0 aliphatic heterocycles. The van der Waals surface area contributed by atoms with Gasteiger partial charge in [-0.2, -0.15) is 0 Å². The summed E-state index contributed by atoms with van der Waals surface area (Å²) in [6, 6.07) is 9.36. The Bertz CT molecular complexity index is 706. The second kappa shape index (κ2) is 7.23. The molecule has 0 heterocycles. The standard InChI is InChI=1S/C22H28BrNO3/c1-27-20(26)8-18(17-5-3-2-4-6-17)24-19(25)13-21-9-15-7-16(10-21)12-22(23,11-15)14-21/h2-6,15-16,18H,7-14H2,1H3,(H,24,25). The quantitative estimate of drug-likeness (QED) is 0.529. The molecule has 3 atom stereocenters. The molecule has 146 valence electrons. The highest BCUT2D eigenvalue weighted by atomic mass is 79.9. The second-order valence-electron chi connectivity index (χ2n) is 9.10. The molecule has 0 radical (unpaired) electrons. The summed E-state index contributed by atoms with van der Waals surface area (Å²) < 4.78 is 5.09. The molecule has 27 heavy (non-hydrogen) atoms. The molecular weight excluding hydrogens is 406 g/mol. The van der Waals surface area contributed by atoms with Gasteiger partial charge in [0.2, 0.25) is 5.91 Å². The SMILES string of the molecule is COC(=O)CC(NC(=O)CC12CC3CC(CC(Br)(C3)C1)C2)c1ccccc1. The minimum absolute atomic E-state index is 0.0609. The summed E-state index contributed by atoms with van der Waals surface area (Å²) in [6.07, 6.45) is 8.06. The fourth-order valence-electron chi connectivity index (χ4n) is 6.32. The molecule has 4 saturated carbocycles. The largest absolute Gasteiger partial charge is 0.469 e. The fourth-order valence-corrected chi connectivity index (χ4v) is 7.83. The Morgan fingerprint density at radius 1 is 1.19 bits per heavy atom. The molecule has 4 aliphatic rings. The van der Waals surface area contributed by atoms with Gasteiger partial charge in [0, 0.05) is 10.7 Å². The number of nitrogens with one attached hydrogen (secondary N) is 1. The summed E-state index contributed by atoms with van der Waals surface area (Å²) in [7, 11) is 1.39. The van der Waals surface area contributed by atoms with Crippen LogP contribution in [0.3, 0.4) is 0 Å². The molecule has 4 bridgehead atoms. The number of ether oxygens (including phenoxy) is 1. The van der Waals surface area contributed by atoms with Gasteiger partial charge in [-0.05, 0) is 61.3 Å². The number of hydrogen-bond donors (Lipinski definition) is 1. The van der Waals surface area contributed by atoms with Gasteiger partial charge in [0.1, 0.15) is 0 Å². The van der Waals surface area contributed by atoms with Crippen LogP contribution in [0.25, 0.3) is 0 Å². The number of carbonyl (C=O) groups is 2. The van der Waals surface area contributed by atoms with Gasteiger partial charge >= 0.3 is 5.97 Å².